The predicted octanol–water partition coefficient (Wildman–Crippen LogP) is 4.05. The minimum Gasteiger partial charge on any atom is -0.343 e. The highest BCUT2D eigenvalue weighted by Crippen LogP contribution is 2.30. The molecule has 0 unspecified atom stereocenters. The minimum absolute atomic E-state index is 0.0816. The van der Waals surface area contributed by atoms with Gasteiger partial charge < -0.3 is 10.2 Å². The third-order valence-electron chi connectivity index (χ3n) is 6.71. The molecule has 0 aliphatic carbocycles. The predicted molar refractivity (Wildman–Crippen MR) is 120 cm³/mol. The zero-order valence-corrected chi connectivity index (χ0v) is 18.0. The average Bonchev–Trinajstić information content (AvgIpc) is 3.02. The molecule has 158 valence electrons. The molecule has 0 saturated carbocycles. The van der Waals surface area contributed by atoms with Crippen LogP contribution >= 0.6 is 0 Å². The lowest BCUT2D eigenvalue weighted by Gasteiger charge is -2.33. The van der Waals surface area contributed by atoms with Crippen molar-refractivity contribution in [3.8, 4) is 0 Å². The minimum atomic E-state index is 0.0816. The fourth-order valence-corrected chi connectivity index (χ4v) is 4.85. The van der Waals surface area contributed by atoms with E-state index in [1.165, 1.54) is 22.3 Å². The molecule has 4 heteroatoms. The normalized spacial score (nSPS) is 17.3. The van der Waals surface area contributed by atoms with E-state index in [1.807, 2.05) is 17.0 Å². The molecule has 2 aromatic carbocycles. The van der Waals surface area contributed by atoms with Crippen molar-refractivity contribution in [1.82, 2.24) is 10.2 Å². The number of Topliss-reactive ketones (excluding diaryl/α,β-unsaturated/α-hetero) is 1. The van der Waals surface area contributed by atoms with Gasteiger partial charge in [-0.25, -0.2) is 0 Å². The number of hydrogen-bond donors (Lipinski definition) is 1. The summed E-state index contributed by atoms with van der Waals surface area (Å²) in [5.74, 6) is 0.731. The molecule has 2 aromatic rings. The number of carbonyl (C=O) groups is 2. The second kappa shape index (κ2) is 9.57. The molecule has 1 N–H and O–H groups in total. The third kappa shape index (κ3) is 4.81. The lowest BCUT2D eigenvalue weighted by Crippen LogP contribution is -2.38. The van der Waals surface area contributed by atoms with Gasteiger partial charge in [-0.3, -0.25) is 9.59 Å². The Morgan fingerprint density at radius 1 is 0.967 bits per heavy atom. The Balaban J connectivity index is 1.28. The van der Waals surface area contributed by atoms with E-state index >= 15 is 0 Å². The van der Waals surface area contributed by atoms with E-state index in [2.05, 4.69) is 42.6 Å². The molecule has 0 atom stereocenters. The van der Waals surface area contributed by atoms with Crippen molar-refractivity contribution in [3.63, 3.8) is 0 Å². The molecule has 1 saturated heterocycles. The van der Waals surface area contributed by atoms with Gasteiger partial charge in [-0.05, 0) is 79.9 Å². The number of nitrogens with one attached hydrogen (secondary N) is 1. The molecule has 0 radical (unpaired) electrons. The van der Waals surface area contributed by atoms with Crippen molar-refractivity contribution in [2.75, 3.05) is 26.2 Å². The number of benzene rings is 2. The quantitative estimate of drug-likeness (QED) is 0.765. The molecular weight excluding hydrogens is 372 g/mol. The van der Waals surface area contributed by atoms with Crippen LogP contribution in [0.15, 0.2) is 42.5 Å². The fourth-order valence-electron chi connectivity index (χ4n) is 4.85. The van der Waals surface area contributed by atoms with Crippen molar-refractivity contribution < 1.29 is 9.59 Å². The second-order valence-electron chi connectivity index (χ2n) is 8.67. The lowest BCUT2D eigenvalue weighted by molar-refractivity contribution is -0.132. The summed E-state index contributed by atoms with van der Waals surface area (Å²) in [5, 5.41) is 3.40. The van der Waals surface area contributed by atoms with Gasteiger partial charge in [0.25, 0.3) is 0 Å². The highest BCUT2D eigenvalue weighted by Gasteiger charge is 2.25. The lowest BCUT2D eigenvalue weighted by atomic mass is 9.87. The molecule has 2 aliphatic rings. The van der Waals surface area contributed by atoms with Crippen LogP contribution in [0.25, 0.3) is 0 Å². The van der Waals surface area contributed by atoms with Gasteiger partial charge in [0.05, 0.1) is 0 Å². The monoisotopic (exact) mass is 404 g/mol. The number of ketones is 1. The maximum atomic E-state index is 12.7. The molecule has 4 rings (SSSR count). The summed E-state index contributed by atoms with van der Waals surface area (Å²) in [6.07, 6.45) is 4.60. The van der Waals surface area contributed by atoms with Gasteiger partial charge in [-0.2, -0.15) is 0 Å². The summed E-state index contributed by atoms with van der Waals surface area (Å²) in [5.41, 5.74) is 6.11. The van der Waals surface area contributed by atoms with E-state index < -0.39 is 0 Å². The molecule has 4 nitrogen and oxygen atoms in total. The maximum Gasteiger partial charge on any atom is 0.223 e. The van der Waals surface area contributed by atoms with E-state index in [4.69, 9.17) is 0 Å². The van der Waals surface area contributed by atoms with E-state index in [-0.39, 0.29) is 11.7 Å². The first-order chi connectivity index (χ1) is 14.6. The number of rotatable bonds is 5. The van der Waals surface area contributed by atoms with Crippen LogP contribution in [0.1, 0.15) is 64.2 Å². The first kappa shape index (κ1) is 20.8. The molecule has 2 heterocycles. The van der Waals surface area contributed by atoms with Crippen LogP contribution in [0.4, 0.5) is 0 Å². The summed E-state index contributed by atoms with van der Waals surface area (Å²) in [4.78, 5) is 27.3. The second-order valence-corrected chi connectivity index (χ2v) is 8.67. The van der Waals surface area contributed by atoms with Crippen molar-refractivity contribution >= 4 is 11.7 Å². The summed E-state index contributed by atoms with van der Waals surface area (Å²) in [6, 6.07) is 14.6. The first-order valence-electron chi connectivity index (χ1n) is 11.3. The number of amides is 1. The Labute approximate surface area is 179 Å². The van der Waals surface area contributed by atoms with Gasteiger partial charge in [0.1, 0.15) is 0 Å². The number of hydrogen-bond acceptors (Lipinski definition) is 3. The Morgan fingerprint density at radius 3 is 2.47 bits per heavy atom. The Hall–Kier alpha value is -2.46. The van der Waals surface area contributed by atoms with Crippen LogP contribution in [-0.4, -0.2) is 42.8 Å². The summed E-state index contributed by atoms with van der Waals surface area (Å²) in [6.45, 7) is 5.70. The smallest absolute Gasteiger partial charge is 0.223 e. The number of nitrogens with zero attached hydrogens (tertiary/aromatic N) is 1. The molecule has 0 spiro atoms. The van der Waals surface area contributed by atoms with E-state index in [1.54, 1.807) is 0 Å². The van der Waals surface area contributed by atoms with Crippen LogP contribution in [0.3, 0.4) is 0 Å². The van der Waals surface area contributed by atoms with Crippen LogP contribution < -0.4 is 5.32 Å². The van der Waals surface area contributed by atoms with Crippen LogP contribution in [0.5, 0.6) is 0 Å². The molecule has 1 fully saturated rings. The standard InChI is InChI=1S/C26H32N2O2/c1-19-4-2-3-5-24(19)21-12-16-28(17-13-21)26(30)9-8-25(29)23-7-6-20-10-14-27-15-11-22(20)18-23/h2-7,18,21,27H,8-17H2,1H3. The number of likely N-dealkylation sites (tertiary alicyclic amines) is 1. The van der Waals surface area contributed by atoms with Gasteiger partial charge in [-0.15, -0.1) is 0 Å². The van der Waals surface area contributed by atoms with Gasteiger partial charge in [-0.1, -0.05) is 36.4 Å². The number of carbonyl (C=O) groups excluding carboxylic acids is 2. The topological polar surface area (TPSA) is 49.4 Å². The fraction of sp³-hybridized carbons (Fsp3) is 0.462. The number of piperidine rings is 1. The zero-order chi connectivity index (χ0) is 20.9. The molecule has 30 heavy (non-hydrogen) atoms. The Bertz CT molecular complexity index is 913. The van der Waals surface area contributed by atoms with Gasteiger partial charge in [0.2, 0.25) is 5.91 Å². The summed E-state index contributed by atoms with van der Waals surface area (Å²) >= 11 is 0. The van der Waals surface area contributed by atoms with E-state index in [9.17, 15) is 9.59 Å². The first-order valence-corrected chi connectivity index (χ1v) is 11.3. The van der Waals surface area contributed by atoms with Crippen molar-refractivity contribution in [1.29, 1.82) is 0 Å². The Kier molecular flexibility index (Phi) is 6.63. The SMILES string of the molecule is Cc1ccccc1C1CCN(C(=O)CCC(=O)c2ccc3c(c2)CCNCC3)CC1. The largest absolute Gasteiger partial charge is 0.343 e. The molecule has 0 bridgehead atoms. The zero-order valence-electron chi connectivity index (χ0n) is 18.0. The highest BCUT2D eigenvalue weighted by molar-refractivity contribution is 5.98. The van der Waals surface area contributed by atoms with Gasteiger partial charge >= 0.3 is 0 Å². The van der Waals surface area contributed by atoms with Crippen molar-refractivity contribution in [3.05, 3.63) is 70.3 Å². The van der Waals surface area contributed by atoms with E-state index in [0.29, 0.717) is 18.8 Å². The van der Waals surface area contributed by atoms with Crippen molar-refractivity contribution in [2.24, 2.45) is 0 Å². The molecular formula is C26H32N2O2. The van der Waals surface area contributed by atoms with Crippen LogP contribution in [0.2, 0.25) is 0 Å². The van der Waals surface area contributed by atoms with Gasteiger partial charge in [0.15, 0.2) is 5.78 Å². The number of fused-ring (bicyclic) bond motifs is 1. The summed E-state index contributed by atoms with van der Waals surface area (Å²) in [7, 11) is 0. The van der Waals surface area contributed by atoms with Crippen LogP contribution in [0, 0.1) is 6.92 Å². The van der Waals surface area contributed by atoms with Crippen LogP contribution in [-0.2, 0) is 17.6 Å². The molecule has 0 aromatic heterocycles. The molecule has 2 aliphatic heterocycles. The van der Waals surface area contributed by atoms with Crippen molar-refractivity contribution in [2.45, 2.75) is 51.4 Å². The Morgan fingerprint density at radius 2 is 1.70 bits per heavy atom. The average molecular weight is 405 g/mol. The molecule has 1 amide bonds. The third-order valence-corrected chi connectivity index (χ3v) is 6.71. The van der Waals surface area contributed by atoms with E-state index in [0.717, 1.165) is 57.4 Å². The maximum absolute atomic E-state index is 12.7. The number of aryl methyl sites for hydroxylation is 1. The highest BCUT2D eigenvalue weighted by atomic mass is 16.2. The summed E-state index contributed by atoms with van der Waals surface area (Å²) < 4.78 is 0. The van der Waals surface area contributed by atoms with Gasteiger partial charge in [0, 0.05) is 31.5 Å².